The summed E-state index contributed by atoms with van der Waals surface area (Å²) in [6.07, 6.45) is 5.79. The Kier molecular flexibility index (Phi) is 2.45. The Morgan fingerprint density at radius 2 is 1.85 bits per heavy atom. The van der Waals surface area contributed by atoms with E-state index in [0.29, 0.717) is 0 Å². The molecule has 0 aromatic rings. The molecule has 0 atom stereocenters. The van der Waals surface area contributed by atoms with E-state index >= 15 is 0 Å². The normalized spacial score (nSPS) is 38.2. The Hall–Kier alpha value is 0.720. The van der Waals surface area contributed by atoms with E-state index in [1.165, 1.54) is 12.8 Å². The molecule has 2 fully saturated rings. The molecule has 2 bridgehead atoms. The Morgan fingerprint density at radius 1 is 1.31 bits per heavy atom. The van der Waals surface area contributed by atoms with Crippen molar-refractivity contribution in [1.29, 1.82) is 0 Å². The Morgan fingerprint density at radius 3 is 2.15 bits per heavy atom. The average molecular weight is 234 g/mol. The molecular weight excluding hydrogens is 220 g/mol. The highest BCUT2D eigenvalue weighted by Crippen LogP contribution is 2.62. The molecule has 0 spiro atoms. The van der Waals surface area contributed by atoms with Gasteiger partial charge in [-0.15, -0.1) is 12.6 Å². The zero-order chi connectivity index (χ0) is 9.69. The van der Waals surface area contributed by atoms with Crippen LogP contribution in [-0.4, -0.2) is 9.19 Å². The maximum atomic E-state index is 11.3. The summed E-state index contributed by atoms with van der Waals surface area (Å²) in [5, 5.41) is -0.193. The number of rotatable bonds is 2. The van der Waals surface area contributed by atoms with Gasteiger partial charge in [-0.25, -0.2) is 0 Å². The van der Waals surface area contributed by atoms with Gasteiger partial charge in [-0.05, 0) is 38.0 Å². The van der Waals surface area contributed by atoms with Crippen molar-refractivity contribution in [2.24, 2.45) is 11.3 Å². The van der Waals surface area contributed by atoms with E-state index in [-0.39, 0.29) is 10.5 Å². The maximum Gasteiger partial charge on any atom is 0.212 e. The molecule has 0 aliphatic heterocycles. The second-order valence-electron chi connectivity index (χ2n) is 4.41. The molecule has 0 aromatic heterocycles. The molecular formula is C9H14OS3. The first kappa shape index (κ1) is 10.2. The zero-order valence-corrected chi connectivity index (χ0v) is 10.0. The largest absolute Gasteiger partial charge is 0.285 e. The quantitative estimate of drug-likeness (QED) is 0.494. The minimum Gasteiger partial charge on any atom is -0.285 e. The summed E-state index contributed by atoms with van der Waals surface area (Å²) < 4.78 is -0.818. The van der Waals surface area contributed by atoms with E-state index in [1.54, 1.807) is 0 Å². The summed E-state index contributed by atoms with van der Waals surface area (Å²) in [5.74, 6) is 0.811. The molecule has 0 N–H and O–H groups in total. The summed E-state index contributed by atoms with van der Waals surface area (Å²) in [7, 11) is 0. The summed E-state index contributed by atoms with van der Waals surface area (Å²) in [5.41, 5.74) is 0.0305. The smallest absolute Gasteiger partial charge is 0.212 e. The van der Waals surface area contributed by atoms with Crippen LogP contribution in [0, 0.1) is 11.3 Å². The minimum atomic E-state index is -0.818. The van der Waals surface area contributed by atoms with Crippen molar-refractivity contribution in [1.82, 2.24) is 0 Å². The van der Waals surface area contributed by atoms with E-state index in [4.69, 9.17) is 0 Å². The van der Waals surface area contributed by atoms with Gasteiger partial charge < -0.3 is 0 Å². The summed E-state index contributed by atoms with van der Waals surface area (Å²) in [6, 6.07) is 0. The minimum absolute atomic E-state index is 0.0305. The van der Waals surface area contributed by atoms with E-state index in [0.717, 1.165) is 25.2 Å². The van der Waals surface area contributed by atoms with Crippen LogP contribution in [0.1, 0.15) is 32.1 Å². The van der Waals surface area contributed by atoms with Crippen LogP contribution < -0.4 is 0 Å². The number of thiol groups is 3. The van der Waals surface area contributed by atoms with E-state index < -0.39 is 4.08 Å². The highest BCUT2D eigenvalue weighted by molar-refractivity contribution is 8.08. The molecule has 0 saturated heterocycles. The van der Waals surface area contributed by atoms with Crippen LogP contribution in [0.25, 0.3) is 0 Å². The molecule has 2 rings (SSSR count). The van der Waals surface area contributed by atoms with Crippen molar-refractivity contribution >= 4 is 43.0 Å². The van der Waals surface area contributed by atoms with Gasteiger partial charge in [-0.2, -0.15) is 25.3 Å². The molecule has 2 saturated carbocycles. The van der Waals surface area contributed by atoms with Crippen molar-refractivity contribution in [3.05, 3.63) is 0 Å². The van der Waals surface area contributed by atoms with E-state index in [9.17, 15) is 4.79 Å². The fourth-order valence-electron chi connectivity index (χ4n) is 2.91. The van der Waals surface area contributed by atoms with Crippen molar-refractivity contribution in [3.8, 4) is 0 Å². The van der Waals surface area contributed by atoms with Gasteiger partial charge in [-0.1, -0.05) is 0 Å². The monoisotopic (exact) mass is 234 g/mol. The number of carbonyl (C=O) groups is 1. The Balaban J connectivity index is 2.28. The van der Waals surface area contributed by atoms with Gasteiger partial charge in [0.1, 0.15) is 4.08 Å². The lowest BCUT2D eigenvalue weighted by atomic mass is 9.80. The lowest BCUT2D eigenvalue weighted by Gasteiger charge is -2.38. The van der Waals surface area contributed by atoms with Gasteiger partial charge in [0.25, 0.3) is 0 Å². The van der Waals surface area contributed by atoms with Crippen LogP contribution in [0.3, 0.4) is 0 Å². The third-order valence-corrected chi connectivity index (χ3v) is 5.82. The highest BCUT2D eigenvalue weighted by atomic mass is 32.2. The van der Waals surface area contributed by atoms with Gasteiger partial charge in [0.05, 0.1) is 0 Å². The molecule has 0 aromatic carbocycles. The van der Waals surface area contributed by atoms with Crippen LogP contribution in [0.4, 0.5) is 0 Å². The van der Waals surface area contributed by atoms with Gasteiger partial charge in [0.15, 0.2) is 0 Å². The second kappa shape index (κ2) is 3.11. The highest BCUT2D eigenvalue weighted by Gasteiger charge is 2.57. The first-order valence-electron chi connectivity index (χ1n) is 4.66. The van der Waals surface area contributed by atoms with Crippen LogP contribution in [-0.2, 0) is 4.79 Å². The van der Waals surface area contributed by atoms with Gasteiger partial charge >= 0.3 is 0 Å². The molecule has 0 heterocycles. The van der Waals surface area contributed by atoms with E-state index in [2.05, 4.69) is 37.9 Å². The lowest BCUT2D eigenvalue weighted by molar-refractivity contribution is -0.113. The molecule has 4 heteroatoms. The molecule has 0 unspecified atom stereocenters. The standard InChI is InChI=1S/C9H14OS3/c10-7(11)9(12,13)8-3-1-6(5-8)2-4-8/h6,12-13H,1-5H2,(H,10,11). The number of hydrogen-bond donors (Lipinski definition) is 3. The number of hydrogen-bond acceptors (Lipinski definition) is 3. The van der Waals surface area contributed by atoms with Gasteiger partial charge in [0.2, 0.25) is 5.12 Å². The molecule has 2 aliphatic carbocycles. The first-order chi connectivity index (χ1) is 5.98. The summed E-state index contributed by atoms with van der Waals surface area (Å²) >= 11 is 12.7. The fraction of sp³-hybridized carbons (Fsp3) is 0.889. The number of carbonyl (C=O) groups excluding carboxylic acids is 1. The van der Waals surface area contributed by atoms with E-state index in [1.807, 2.05) is 0 Å². The molecule has 2 aliphatic rings. The van der Waals surface area contributed by atoms with Crippen LogP contribution in [0.5, 0.6) is 0 Å². The third kappa shape index (κ3) is 1.37. The fourth-order valence-corrected chi connectivity index (χ4v) is 3.78. The average Bonchev–Trinajstić information content (AvgIpc) is 2.63. The third-order valence-electron chi connectivity index (χ3n) is 3.78. The van der Waals surface area contributed by atoms with Crippen molar-refractivity contribution in [2.75, 3.05) is 0 Å². The van der Waals surface area contributed by atoms with Crippen LogP contribution in [0.2, 0.25) is 0 Å². The Bertz CT molecular complexity index is 241. The second-order valence-corrected chi connectivity index (χ2v) is 6.51. The molecule has 13 heavy (non-hydrogen) atoms. The summed E-state index contributed by atoms with van der Waals surface area (Å²) in [4.78, 5) is 11.3. The van der Waals surface area contributed by atoms with Gasteiger partial charge in [-0.3, -0.25) is 4.79 Å². The van der Waals surface area contributed by atoms with Crippen molar-refractivity contribution < 1.29 is 4.79 Å². The molecule has 1 nitrogen and oxygen atoms in total. The first-order valence-corrected chi connectivity index (χ1v) is 6.00. The predicted octanol–water partition coefficient (Wildman–Crippen LogP) is 2.58. The lowest BCUT2D eigenvalue weighted by Crippen LogP contribution is -2.41. The molecule has 74 valence electrons. The predicted molar refractivity (Wildman–Crippen MR) is 63.7 cm³/mol. The SMILES string of the molecule is O=C(S)C(S)(S)C12CCC(CC1)C2. The van der Waals surface area contributed by atoms with Crippen LogP contribution in [0.15, 0.2) is 0 Å². The molecule has 0 radical (unpaired) electrons. The Labute approximate surface area is 95.3 Å². The number of fused-ring (bicyclic) bond motifs is 2. The van der Waals surface area contributed by atoms with Gasteiger partial charge in [0, 0.05) is 5.41 Å². The topological polar surface area (TPSA) is 17.1 Å². The van der Waals surface area contributed by atoms with Crippen molar-refractivity contribution in [3.63, 3.8) is 0 Å². The van der Waals surface area contributed by atoms with Crippen LogP contribution >= 0.6 is 37.9 Å². The molecule has 0 amide bonds. The summed E-state index contributed by atoms with van der Waals surface area (Å²) in [6.45, 7) is 0. The van der Waals surface area contributed by atoms with Crippen molar-refractivity contribution in [2.45, 2.75) is 36.2 Å². The maximum absolute atomic E-state index is 11.3. The zero-order valence-electron chi connectivity index (χ0n) is 7.36.